The number of carbonyl (C=O) groups excluding carboxylic acids is 2. The topological polar surface area (TPSA) is 139 Å². The minimum atomic E-state index is -1.05. The highest BCUT2D eigenvalue weighted by molar-refractivity contribution is 6.03. The van der Waals surface area contributed by atoms with E-state index < -0.39 is 29.2 Å². The monoisotopic (exact) mass is 497 g/mol. The second-order valence-electron chi connectivity index (χ2n) is 8.20. The molecule has 2 amide bonds. The quantitative estimate of drug-likeness (QED) is 0.302. The summed E-state index contributed by atoms with van der Waals surface area (Å²) in [6.45, 7) is 3.64. The number of hydrogen-bond acceptors (Lipinski definition) is 6. The van der Waals surface area contributed by atoms with Crippen LogP contribution in [0.5, 0.6) is 0 Å². The fraction of sp³-hybridized carbons (Fsp3) is 0.240. The lowest BCUT2D eigenvalue weighted by Crippen LogP contribution is -2.27. The van der Waals surface area contributed by atoms with Crippen LogP contribution < -0.4 is 16.0 Å². The van der Waals surface area contributed by atoms with Crippen LogP contribution in [0.3, 0.4) is 0 Å². The summed E-state index contributed by atoms with van der Waals surface area (Å²) < 4.78 is 29.9. The first-order valence-electron chi connectivity index (χ1n) is 11.0. The molecule has 36 heavy (non-hydrogen) atoms. The summed E-state index contributed by atoms with van der Waals surface area (Å²) in [5.74, 6) is -4.19. The largest absolute Gasteiger partial charge is 0.481 e. The fourth-order valence-corrected chi connectivity index (χ4v) is 3.80. The molecule has 3 aromatic rings. The molecule has 4 N–H and O–H groups in total. The van der Waals surface area contributed by atoms with E-state index in [1.807, 2.05) is 13.8 Å². The van der Waals surface area contributed by atoms with Crippen molar-refractivity contribution >= 4 is 35.5 Å². The van der Waals surface area contributed by atoms with Gasteiger partial charge >= 0.3 is 5.97 Å². The highest BCUT2D eigenvalue weighted by Gasteiger charge is 2.28. The van der Waals surface area contributed by atoms with E-state index in [4.69, 9.17) is 5.73 Å². The van der Waals surface area contributed by atoms with Gasteiger partial charge in [-0.3, -0.25) is 24.3 Å². The molecule has 3 rings (SSSR count). The zero-order valence-electron chi connectivity index (χ0n) is 19.9. The average Bonchev–Trinajstić information content (AvgIpc) is 2.84. The van der Waals surface area contributed by atoms with E-state index in [0.29, 0.717) is 17.7 Å². The van der Waals surface area contributed by atoms with E-state index in [1.165, 1.54) is 25.4 Å². The van der Waals surface area contributed by atoms with Crippen LogP contribution in [0.2, 0.25) is 0 Å². The molecule has 1 aromatic carbocycles. The first kappa shape index (κ1) is 26.2. The van der Waals surface area contributed by atoms with Gasteiger partial charge < -0.3 is 16.2 Å². The van der Waals surface area contributed by atoms with E-state index in [2.05, 4.69) is 15.3 Å². The number of hydrogen-bond donors (Lipinski definition) is 3. The highest BCUT2D eigenvalue weighted by Crippen LogP contribution is 2.38. The van der Waals surface area contributed by atoms with Crippen LogP contribution >= 0.6 is 0 Å². The van der Waals surface area contributed by atoms with E-state index in [9.17, 15) is 23.9 Å². The molecular formula is C25H25F2N5O4. The standard InChI is InChI=1S/C25H25F2N5O4/c1-13(2)21-23(14(9-10-30-21)7-8-19(34)35)32(12-33)24-15(25(36)29-3)11-17(27)22(31-24)20-16(26)5-4-6-18(20)28/h4-6,9-13H,7-8,28H2,1-3H3,(H,29,36)(H,34,35). The van der Waals surface area contributed by atoms with E-state index >= 15 is 4.39 Å². The third kappa shape index (κ3) is 5.14. The Hall–Kier alpha value is -4.41. The Morgan fingerprint density at radius 1 is 1.22 bits per heavy atom. The van der Waals surface area contributed by atoms with Gasteiger partial charge in [-0.2, -0.15) is 0 Å². The number of rotatable bonds is 9. The molecule has 11 heteroatoms. The van der Waals surface area contributed by atoms with Gasteiger partial charge in [-0.1, -0.05) is 19.9 Å². The van der Waals surface area contributed by atoms with Crippen molar-refractivity contribution in [2.24, 2.45) is 0 Å². The molecule has 0 aliphatic heterocycles. The van der Waals surface area contributed by atoms with Gasteiger partial charge in [0.15, 0.2) is 11.6 Å². The lowest BCUT2D eigenvalue weighted by atomic mass is 9.99. The van der Waals surface area contributed by atoms with Crippen molar-refractivity contribution < 1.29 is 28.3 Å². The zero-order valence-corrected chi connectivity index (χ0v) is 19.9. The van der Waals surface area contributed by atoms with Crippen LogP contribution in [0, 0.1) is 11.6 Å². The molecule has 0 bridgehead atoms. The number of nitrogens with one attached hydrogen (secondary N) is 1. The molecule has 0 spiro atoms. The lowest BCUT2D eigenvalue weighted by Gasteiger charge is -2.26. The normalized spacial score (nSPS) is 10.8. The van der Waals surface area contributed by atoms with E-state index in [1.54, 1.807) is 6.07 Å². The Morgan fingerprint density at radius 2 is 1.94 bits per heavy atom. The van der Waals surface area contributed by atoms with Gasteiger partial charge in [0.1, 0.15) is 11.5 Å². The van der Waals surface area contributed by atoms with Crippen LogP contribution in [-0.2, 0) is 16.0 Å². The number of benzene rings is 1. The molecule has 9 nitrogen and oxygen atoms in total. The molecule has 0 fully saturated rings. The predicted molar refractivity (Wildman–Crippen MR) is 130 cm³/mol. The molecule has 0 saturated heterocycles. The summed E-state index contributed by atoms with van der Waals surface area (Å²) in [5, 5.41) is 11.6. The molecule has 0 atom stereocenters. The van der Waals surface area contributed by atoms with E-state index in [0.717, 1.165) is 17.0 Å². The van der Waals surface area contributed by atoms with Crippen molar-refractivity contribution in [3.8, 4) is 11.3 Å². The molecular weight excluding hydrogens is 472 g/mol. The third-order valence-electron chi connectivity index (χ3n) is 5.48. The molecule has 0 unspecified atom stereocenters. The van der Waals surface area contributed by atoms with Gasteiger partial charge in [-0.15, -0.1) is 0 Å². The maximum atomic E-state index is 15.2. The number of pyridine rings is 2. The smallest absolute Gasteiger partial charge is 0.303 e. The summed E-state index contributed by atoms with van der Waals surface area (Å²) >= 11 is 0. The second kappa shape index (κ2) is 10.9. The van der Waals surface area contributed by atoms with Gasteiger partial charge in [0.2, 0.25) is 6.41 Å². The number of halogens is 2. The number of nitrogen functional groups attached to an aromatic ring is 1. The number of aliphatic carboxylic acids is 1. The third-order valence-corrected chi connectivity index (χ3v) is 5.48. The van der Waals surface area contributed by atoms with Gasteiger partial charge in [-0.25, -0.2) is 13.8 Å². The highest BCUT2D eigenvalue weighted by atomic mass is 19.1. The van der Waals surface area contributed by atoms with Crippen LogP contribution in [0.1, 0.15) is 47.8 Å². The SMILES string of the molecule is CNC(=O)c1cc(F)c(-c2c(N)cccc2F)nc1N(C=O)c1c(CCC(=O)O)ccnc1C(C)C. The Kier molecular flexibility index (Phi) is 7.93. The number of nitrogens with two attached hydrogens (primary N) is 1. The van der Waals surface area contributed by atoms with Crippen molar-refractivity contribution in [1.82, 2.24) is 15.3 Å². The summed E-state index contributed by atoms with van der Waals surface area (Å²) in [6, 6.07) is 6.20. The Bertz CT molecular complexity index is 1310. The average molecular weight is 498 g/mol. The number of carboxylic acid groups (broad SMARTS) is 1. The number of carboxylic acids is 1. The van der Waals surface area contributed by atoms with Crippen LogP contribution in [0.4, 0.5) is 26.0 Å². The number of anilines is 3. The van der Waals surface area contributed by atoms with Crippen molar-refractivity contribution in [2.75, 3.05) is 17.7 Å². The Labute approximate surface area is 206 Å². The Balaban J connectivity index is 2.37. The summed E-state index contributed by atoms with van der Waals surface area (Å²) in [5.41, 5.74) is 5.76. The Morgan fingerprint density at radius 3 is 2.53 bits per heavy atom. The van der Waals surface area contributed by atoms with Gasteiger partial charge in [0.25, 0.3) is 5.91 Å². The maximum Gasteiger partial charge on any atom is 0.303 e. The molecule has 0 aliphatic carbocycles. The van der Waals surface area contributed by atoms with Crippen LogP contribution in [0.25, 0.3) is 11.3 Å². The number of amides is 2. The van der Waals surface area contributed by atoms with Crippen molar-refractivity contribution in [2.45, 2.75) is 32.6 Å². The molecule has 0 saturated carbocycles. The number of nitrogens with zero attached hydrogens (tertiary/aromatic N) is 3. The molecule has 2 heterocycles. The van der Waals surface area contributed by atoms with Gasteiger partial charge in [-0.05, 0) is 42.2 Å². The number of aryl methyl sites for hydroxylation is 1. The van der Waals surface area contributed by atoms with Crippen molar-refractivity contribution in [3.63, 3.8) is 0 Å². The molecule has 0 radical (unpaired) electrons. The van der Waals surface area contributed by atoms with E-state index in [-0.39, 0.29) is 47.1 Å². The number of aromatic nitrogens is 2. The molecule has 2 aromatic heterocycles. The predicted octanol–water partition coefficient (Wildman–Crippen LogP) is 3.80. The van der Waals surface area contributed by atoms with Crippen LogP contribution in [-0.4, -0.2) is 40.4 Å². The van der Waals surface area contributed by atoms with Crippen molar-refractivity contribution in [1.29, 1.82) is 0 Å². The van der Waals surface area contributed by atoms with Crippen molar-refractivity contribution in [3.05, 3.63) is 65.0 Å². The second-order valence-corrected chi connectivity index (χ2v) is 8.20. The first-order valence-corrected chi connectivity index (χ1v) is 11.0. The molecule has 188 valence electrons. The zero-order chi connectivity index (χ0) is 26.6. The molecule has 0 aliphatic rings. The van der Waals surface area contributed by atoms with Gasteiger partial charge in [0, 0.05) is 25.4 Å². The summed E-state index contributed by atoms with van der Waals surface area (Å²) in [7, 11) is 1.32. The fourth-order valence-electron chi connectivity index (χ4n) is 3.80. The number of carbonyl (C=O) groups is 3. The first-order chi connectivity index (χ1) is 17.1. The minimum absolute atomic E-state index is 0.0425. The lowest BCUT2D eigenvalue weighted by molar-refractivity contribution is -0.136. The minimum Gasteiger partial charge on any atom is -0.481 e. The summed E-state index contributed by atoms with van der Waals surface area (Å²) in [4.78, 5) is 46.0. The van der Waals surface area contributed by atoms with Crippen LogP contribution in [0.15, 0.2) is 36.5 Å². The maximum absolute atomic E-state index is 15.2. The van der Waals surface area contributed by atoms with Gasteiger partial charge in [0.05, 0.1) is 22.5 Å². The summed E-state index contributed by atoms with van der Waals surface area (Å²) in [6.07, 6.45) is 1.66.